The van der Waals surface area contributed by atoms with Crippen LogP contribution in [0.5, 0.6) is 11.5 Å². The van der Waals surface area contributed by atoms with Gasteiger partial charge in [0, 0.05) is 6.92 Å². The second-order valence-corrected chi connectivity index (χ2v) is 4.78. The van der Waals surface area contributed by atoms with Gasteiger partial charge in [0.2, 0.25) is 23.3 Å². The van der Waals surface area contributed by atoms with Crippen LogP contribution < -0.4 is 10.1 Å². The Morgan fingerprint density at radius 3 is 2.17 bits per heavy atom. The smallest absolute Gasteiger partial charge is 0.221 e. The predicted molar refractivity (Wildman–Crippen MR) is 81.8 cm³/mol. The third-order valence-electron chi connectivity index (χ3n) is 3.00. The molecule has 24 heavy (non-hydrogen) atoms. The number of hydrogen-bond donors (Lipinski definition) is 1. The van der Waals surface area contributed by atoms with Crippen molar-refractivity contribution < 1.29 is 27.1 Å². The Labute approximate surface area is 135 Å². The number of halogens is 4. The van der Waals surface area contributed by atoms with Crippen molar-refractivity contribution in [2.75, 3.05) is 5.32 Å². The number of amides is 1. The van der Waals surface area contributed by atoms with Crippen LogP contribution in [0.1, 0.15) is 19.4 Å². The normalized spacial score (nSPS) is 10.9. The molecule has 0 unspecified atom stereocenters. The van der Waals surface area contributed by atoms with Crippen LogP contribution in [0.25, 0.3) is 6.08 Å². The van der Waals surface area contributed by atoms with Gasteiger partial charge in [0.1, 0.15) is 0 Å². The zero-order chi connectivity index (χ0) is 17.9. The second-order valence-electron chi connectivity index (χ2n) is 4.78. The highest BCUT2D eigenvalue weighted by atomic mass is 19.2. The highest BCUT2D eigenvalue weighted by Gasteiger charge is 2.26. The topological polar surface area (TPSA) is 38.3 Å². The van der Waals surface area contributed by atoms with Gasteiger partial charge in [-0.2, -0.15) is 8.78 Å². The van der Waals surface area contributed by atoms with Crippen LogP contribution in [-0.2, 0) is 4.79 Å². The largest absolute Gasteiger partial charge is 0.449 e. The minimum Gasteiger partial charge on any atom is -0.449 e. The molecule has 0 saturated carbocycles. The van der Waals surface area contributed by atoms with Crippen LogP contribution in [0.2, 0.25) is 0 Å². The Kier molecular flexibility index (Phi) is 5.23. The molecular weight excluding hydrogens is 326 g/mol. The van der Waals surface area contributed by atoms with Crippen LogP contribution in [-0.4, -0.2) is 5.91 Å². The number of benzene rings is 2. The van der Waals surface area contributed by atoms with E-state index in [-0.39, 0.29) is 11.4 Å². The van der Waals surface area contributed by atoms with Crippen molar-refractivity contribution in [3.05, 3.63) is 59.2 Å². The summed E-state index contributed by atoms with van der Waals surface area (Å²) < 4.78 is 61.0. The number of carbonyl (C=O) groups is 1. The van der Waals surface area contributed by atoms with E-state index < -0.39 is 40.5 Å². The molecule has 0 fully saturated rings. The molecule has 1 amide bonds. The number of nitrogens with one attached hydrogen (secondary N) is 1. The Morgan fingerprint density at radius 1 is 1.04 bits per heavy atom. The van der Waals surface area contributed by atoms with Gasteiger partial charge in [0.05, 0.1) is 11.3 Å². The summed E-state index contributed by atoms with van der Waals surface area (Å²) in [5, 5.41) is 2.39. The molecule has 7 heteroatoms. The van der Waals surface area contributed by atoms with Gasteiger partial charge in [-0.3, -0.25) is 4.79 Å². The molecule has 0 aliphatic carbocycles. The van der Waals surface area contributed by atoms with Crippen molar-refractivity contribution in [3.8, 4) is 11.5 Å². The van der Waals surface area contributed by atoms with Crippen LogP contribution in [0, 0.1) is 23.3 Å². The van der Waals surface area contributed by atoms with E-state index in [1.54, 1.807) is 6.07 Å². The first-order chi connectivity index (χ1) is 11.4. The quantitative estimate of drug-likeness (QED) is 0.627. The predicted octanol–water partition coefficient (Wildman–Crippen LogP) is 5.03. The molecular formula is C17H13F4NO2. The average Bonchev–Trinajstić information content (AvgIpc) is 2.55. The molecule has 2 aromatic rings. The summed E-state index contributed by atoms with van der Waals surface area (Å²) in [6.45, 7) is 2.67. The second kappa shape index (κ2) is 7.16. The van der Waals surface area contributed by atoms with Crippen LogP contribution in [0.15, 0.2) is 30.3 Å². The van der Waals surface area contributed by atoms with Gasteiger partial charge in [-0.1, -0.05) is 24.3 Å². The maximum Gasteiger partial charge on any atom is 0.221 e. The maximum absolute atomic E-state index is 14.1. The Balaban J connectivity index is 2.54. The Hall–Kier alpha value is -2.83. The lowest BCUT2D eigenvalue weighted by atomic mass is 10.1. The van der Waals surface area contributed by atoms with Gasteiger partial charge in [0.15, 0.2) is 17.4 Å². The molecule has 0 aromatic heterocycles. The zero-order valence-electron chi connectivity index (χ0n) is 12.8. The van der Waals surface area contributed by atoms with Crippen molar-refractivity contribution in [2.24, 2.45) is 0 Å². The lowest BCUT2D eigenvalue weighted by Gasteiger charge is -2.14. The van der Waals surface area contributed by atoms with E-state index in [0.717, 1.165) is 6.08 Å². The van der Waals surface area contributed by atoms with Crippen LogP contribution >= 0.6 is 0 Å². The first-order valence-electron chi connectivity index (χ1n) is 6.90. The van der Waals surface area contributed by atoms with Crippen molar-refractivity contribution in [1.82, 2.24) is 0 Å². The molecule has 3 nitrogen and oxygen atoms in total. The van der Waals surface area contributed by atoms with Gasteiger partial charge in [-0.15, -0.1) is 0 Å². The Bertz CT molecular complexity index is 789. The molecule has 0 heterocycles. The van der Waals surface area contributed by atoms with E-state index in [0.29, 0.717) is 0 Å². The number of hydrogen-bond acceptors (Lipinski definition) is 2. The van der Waals surface area contributed by atoms with E-state index in [9.17, 15) is 22.4 Å². The minimum absolute atomic E-state index is 0.0992. The third-order valence-corrected chi connectivity index (χ3v) is 3.00. The first-order valence-corrected chi connectivity index (χ1v) is 6.90. The number of ether oxygens (including phenoxy) is 1. The monoisotopic (exact) mass is 339 g/mol. The van der Waals surface area contributed by atoms with Gasteiger partial charge < -0.3 is 10.1 Å². The zero-order valence-corrected chi connectivity index (χ0v) is 12.8. The number of para-hydroxylation sites is 2. The lowest BCUT2D eigenvalue weighted by Crippen LogP contribution is -2.08. The molecule has 0 radical (unpaired) electrons. The molecule has 0 saturated heterocycles. The number of rotatable bonds is 4. The molecule has 2 aromatic carbocycles. The molecule has 0 aliphatic rings. The number of allylic oxidation sites excluding steroid dienone is 1. The summed E-state index contributed by atoms with van der Waals surface area (Å²) in [6, 6.07) is 5.71. The highest BCUT2D eigenvalue weighted by molar-refractivity contribution is 5.90. The summed E-state index contributed by atoms with van der Waals surface area (Å²) in [7, 11) is 0. The molecule has 0 aliphatic heterocycles. The molecule has 0 spiro atoms. The molecule has 0 atom stereocenters. The van der Waals surface area contributed by atoms with Gasteiger partial charge in [0.25, 0.3) is 0 Å². The van der Waals surface area contributed by atoms with Crippen molar-refractivity contribution >= 4 is 17.7 Å². The lowest BCUT2D eigenvalue weighted by molar-refractivity contribution is -0.114. The summed E-state index contributed by atoms with van der Waals surface area (Å²) >= 11 is 0. The van der Waals surface area contributed by atoms with E-state index >= 15 is 0 Å². The molecule has 0 bridgehead atoms. The van der Waals surface area contributed by atoms with Crippen LogP contribution in [0.4, 0.5) is 23.2 Å². The maximum atomic E-state index is 14.1. The van der Waals surface area contributed by atoms with Gasteiger partial charge in [-0.05, 0) is 19.1 Å². The molecule has 2 rings (SSSR count). The summed E-state index contributed by atoms with van der Waals surface area (Å²) in [5.41, 5.74) is -0.739. The fourth-order valence-electron chi connectivity index (χ4n) is 1.99. The van der Waals surface area contributed by atoms with Gasteiger partial charge in [-0.25, -0.2) is 8.78 Å². The highest BCUT2D eigenvalue weighted by Crippen LogP contribution is 2.36. The van der Waals surface area contributed by atoms with Crippen molar-refractivity contribution in [1.29, 1.82) is 0 Å². The Morgan fingerprint density at radius 2 is 1.62 bits per heavy atom. The van der Waals surface area contributed by atoms with E-state index in [1.165, 1.54) is 38.1 Å². The molecule has 126 valence electrons. The van der Waals surface area contributed by atoms with Crippen molar-refractivity contribution in [3.63, 3.8) is 0 Å². The van der Waals surface area contributed by atoms with E-state index in [1.807, 2.05) is 0 Å². The number of carbonyl (C=O) groups excluding carboxylic acids is 1. The van der Waals surface area contributed by atoms with E-state index in [4.69, 9.17) is 4.74 Å². The molecule has 1 N–H and O–H groups in total. The van der Waals surface area contributed by atoms with Gasteiger partial charge >= 0.3 is 0 Å². The summed E-state index contributed by atoms with van der Waals surface area (Å²) in [4.78, 5) is 11.1. The van der Waals surface area contributed by atoms with E-state index in [2.05, 4.69) is 5.32 Å². The minimum atomic E-state index is -1.67. The standard InChI is InChI=1S/C17H13F4NO2/c1-3-6-10-13(18)15(20)17(16(21)14(10)19)24-12-8-5-4-7-11(12)22-9(2)23/h3-8H,1-2H3,(H,22,23)/b6-3+. The first kappa shape index (κ1) is 17.5. The fourth-order valence-corrected chi connectivity index (χ4v) is 1.99. The van der Waals surface area contributed by atoms with Crippen molar-refractivity contribution in [2.45, 2.75) is 13.8 Å². The van der Waals surface area contributed by atoms with Crippen LogP contribution in [0.3, 0.4) is 0 Å². The average molecular weight is 339 g/mol. The SMILES string of the molecule is C/C=C/c1c(F)c(F)c(Oc2ccccc2NC(C)=O)c(F)c1F. The summed E-state index contributed by atoms with van der Waals surface area (Å²) in [5.74, 6) is -8.32. The fraction of sp³-hybridized carbons (Fsp3) is 0.118. The third kappa shape index (κ3) is 3.40. The summed E-state index contributed by atoms with van der Waals surface area (Å²) in [6.07, 6.45) is 2.15. The number of anilines is 1.